The van der Waals surface area contributed by atoms with E-state index in [1.807, 2.05) is 13.8 Å². The molecule has 0 spiro atoms. The van der Waals surface area contributed by atoms with Crippen molar-refractivity contribution in [3.63, 3.8) is 0 Å². The lowest BCUT2D eigenvalue weighted by Crippen LogP contribution is -2.45. The fourth-order valence-corrected chi connectivity index (χ4v) is 1.96. The summed E-state index contributed by atoms with van der Waals surface area (Å²) in [5, 5.41) is 0. The quantitative estimate of drug-likeness (QED) is 0.669. The largest absolute Gasteiger partial charge is 0.353 e. The zero-order valence-corrected chi connectivity index (χ0v) is 9.06. The summed E-state index contributed by atoms with van der Waals surface area (Å²) in [4.78, 5) is 27.5. The number of fused-ring (bicyclic) bond motifs is 1. The molecular formula is C10H15N3O2. The number of rotatable bonds is 1. The van der Waals surface area contributed by atoms with Gasteiger partial charge in [0.25, 0.3) is 0 Å². The maximum atomic E-state index is 12.0. The van der Waals surface area contributed by atoms with Crippen molar-refractivity contribution in [3.05, 3.63) is 26.8 Å². The predicted molar refractivity (Wildman–Crippen MR) is 56.1 cm³/mol. The van der Waals surface area contributed by atoms with Gasteiger partial charge in [0, 0.05) is 19.0 Å². The molecule has 0 saturated heterocycles. The van der Waals surface area contributed by atoms with Gasteiger partial charge in [0.05, 0.1) is 0 Å². The maximum absolute atomic E-state index is 12.0. The highest BCUT2D eigenvalue weighted by Gasteiger charge is 2.17. The third-order valence-corrected chi connectivity index (χ3v) is 2.73. The van der Waals surface area contributed by atoms with E-state index in [4.69, 9.17) is 0 Å². The van der Waals surface area contributed by atoms with E-state index in [1.54, 1.807) is 4.57 Å². The van der Waals surface area contributed by atoms with Crippen LogP contribution in [0.2, 0.25) is 0 Å². The van der Waals surface area contributed by atoms with Crippen molar-refractivity contribution in [2.45, 2.75) is 45.7 Å². The number of hydrogen-bond donors (Lipinski definition) is 0. The van der Waals surface area contributed by atoms with Crippen LogP contribution in [-0.4, -0.2) is 14.1 Å². The molecule has 1 aliphatic rings. The van der Waals surface area contributed by atoms with Gasteiger partial charge in [0.2, 0.25) is 0 Å². The summed E-state index contributed by atoms with van der Waals surface area (Å²) >= 11 is 0. The molecule has 0 amide bonds. The Labute approximate surface area is 87.4 Å². The van der Waals surface area contributed by atoms with Crippen molar-refractivity contribution >= 4 is 0 Å². The summed E-state index contributed by atoms with van der Waals surface area (Å²) in [6.45, 7) is 4.33. The first-order chi connectivity index (χ1) is 7.11. The van der Waals surface area contributed by atoms with E-state index in [0.717, 1.165) is 19.3 Å². The van der Waals surface area contributed by atoms with Gasteiger partial charge >= 0.3 is 11.4 Å². The van der Waals surface area contributed by atoms with E-state index >= 15 is 0 Å². The summed E-state index contributed by atoms with van der Waals surface area (Å²) in [5.74, 6) is 0.646. The minimum atomic E-state index is -0.414. The van der Waals surface area contributed by atoms with E-state index < -0.39 is 5.69 Å². The third kappa shape index (κ3) is 1.62. The Bertz CT molecular complexity index is 484. The van der Waals surface area contributed by atoms with Crippen LogP contribution in [0.5, 0.6) is 0 Å². The van der Waals surface area contributed by atoms with Gasteiger partial charge in [0.1, 0.15) is 5.82 Å². The first kappa shape index (κ1) is 10.1. The second kappa shape index (κ2) is 3.64. The van der Waals surface area contributed by atoms with Crippen LogP contribution in [0.1, 0.15) is 38.6 Å². The highest BCUT2D eigenvalue weighted by molar-refractivity contribution is 4.92. The highest BCUT2D eigenvalue weighted by atomic mass is 16.2. The monoisotopic (exact) mass is 209 g/mol. The zero-order chi connectivity index (χ0) is 11.0. The summed E-state index contributed by atoms with van der Waals surface area (Å²) in [6.07, 6.45) is 2.74. The molecule has 2 rings (SSSR count). The molecule has 0 aromatic carbocycles. The summed E-state index contributed by atoms with van der Waals surface area (Å²) < 4.78 is 2.85. The zero-order valence-electron chi connectivity index (χ0n) is 9.06. The lowest BCUT2D eigenvalue weighted by Gasteiger charge is -2.19. The topological polar surface area (TPSA) is 56.9 Å². The Morgan fingerprint density at radius 3 is 2.67 bits per heavy atom. The third-order valence-electron chi connectivity index (χ3n) is 2.73. The summed E-state index contributed by atoms with van der Waals surface area (Å²) in [5.41, 5.74) is -0.622. The van der Waals surface area contributed by atoms with Crippen molar-refractivity contribution in [1.29, 1.82) is 0 Å². The van der Waals surface area contributed by atoms with E-state index in [-0.39, 0.29) is 11.7 Å². The highest BCUT2D eigenvalue weighted by Crippen LogP contribution is 2.08. The molecule has 0 radical (unpaired) electrons. The molecule has 2 heterocycles. The van der Waals surface area contributed by atoms with Gasteiger partial charge in [-0.25, -0.2) is 14.2 Å². The van der Waals surface area contributed by atoms with Gasteiger partial charge in [-0.2, -0.15) is 4.98 Å². The molecule has 1 aliphatic heterocycles. The van der Waals surface area contributed by atoms with E-state index in [9.17, 15) is 9.59 Å². The van der Waals surface area contributed by atoms with Crippen molar-refractivity contribution in [2.24, 2.45) is 0 Å². The molecule has 1 aromatic rings. The van der Waals surface area contributed by atoms with Crippen LogP contribution in [0.3, 0.4) is 0 Å². The van der Waals surface area contributed by atoms with Crippen LogP contribution in [0.15, 0.2) is 9.59 Å². The first-order valence-electron chi connectivity index (χ1n) is 5.33. The molecule has 0 fully saturated rings. The van der Waals surface area contributed by atoms with Crippen molar-refractivity contribution in [3.8, 4) is 0 Å². The first-order valence-corrected chi connectivity index (χ1v) is 5.33. The molecule has 5 heteroatoms. The molecule has 0 aliphatic carbocycles. The lowest BCUT2D eigenvalue weighted by molar-refractivity contribution is 0.422. The van der Waals surface area contributed by atoms with Crippen LogP contribution >= 0.6 is 0 Å². The summed E-state index contributed by atoms with van der Waals surface area (Å²) in [6, 6.07) is -0.128. The molecule has 0 N–H and O–H groups in total. The fraction of sp³-hybridized carbons (Fsp3) is 0.700. The average Bonchev–Trinajstić information content (AvgIpc) is 2.17. The predicted octanol–water partition coefficient (Wildman–Crippen LogP) is 0.322. The van der Waals surface area contributed by atoms with Gasteiger partial charge in [-0.1, -0.05) is 0 Å². The van der Waals surface area contributed by atoms with Crippen LogP contribution in [-0.2, 0) is 13.0 Å². The normalized spacial score (nSPS) is 15.4. The van der Waals surface area contributed by atoms with Crippen LogP contribution in [0.25, 0.3) is 0 Å². The maximum Gasteiger partial charge on any atom is 0.353 e. The molecule has 15 heavy (non-hydrogen) atoms. The Balaban J connectivity index is 2.70. The molecule has 0 bridgehead atoms. The Morgan fingerprint density at radius 2 is 2.00 bits per heavy atom. The summed E-state index contributed by atoms with van der Waals surface area (Å²) in [7, 11) is 0. The molecular weight excluding hydrogens is 194 g/mol. The van der Waals surface area contributed by atoms with Crippen LogP contribution in [0, 0.1) is 0 Å². The van der Waals surface area contributed by atoms with Gasteiger partial charge in [-0.05, 0) is 26.7 Å². The Hall–Kier alpha value is -1.39. The van der Waals surface area contributed by atoms with Crippen molar-refractivity contribution in [1.82, 2.24) is 14.1 Å². The van der Waals surface area contributed by atoms with Crippen LogP contribution in [0.4, 0.5) is 0 Å². The smallest absolute Gasteiger partial charge is 0.281 e. The van der Waals surface area contributed by atoms with Crippen LogP contribution < -0.4 is 11.4 Å². The minimum Gasteiger partial charge on any atom is -0.281 e. The second-order valence-electron chi connectivity index (χ2n) is 4.17. The number of aromatic nitrogens is 3. The van der Waals surface area contributed by atoms with E-state index in [0.29, 0.717) is 12.4 Å². The minimum absolute atomic E-state index is 0.128. The molecule has 5 nitrogen and oxygen atoms in total. The Morgan fingerprint density at radius 1 is 1.27 bits per heavy atom. The fourth-order valence-electron chi connectivity index (χ4n) is 1.96. The number of aryl methyl sites for hydroxylation is 1. The molecule has 0 unspecified atom stereocenters. The van der Waals surface area contributed by atoms with E-state index in [1.165, 1.54) is 4.57 Å². The number of nitrogens with zero attached hydrogens (tertiary/aromatic N) is 3. The van der Waals surface area contributed by atoms with Gasteiger partial charge in [0.15, 0.2) is 0 Å². The van der Waals surface area contributed by atoms with Crippen molar-refractivity contribution < 1.29 is 0 Å². The standard InChI is InChI=1S/C10H15N3O2/c1-7(2)13-9(14)11-8-5-3-4-6-12(8)10(13)15/h7H,3-6H2,1-2H3. The van der Waals surface area contributed by atoms with Gasteiger partial charge in [-0.15, -0.1) is 0 Å². The van der Waals surface area contributed by atoms with Gasteiger partial charge in [-0.3, -0.25) is 4.57 Å². The number of hydrogen-bond acceptors (Lipinski definition) is 3. The van der Waals surface area contributed by atoms with E-state index in [2.05, 4.69) is 4.98 Å². The lowest BCUT2D eigenvalue weighted by atomic mass is 10.1. The average molecular weight is 209 g/mol. The van der Waals surface area contributed by atoms with Gasteiger partial charge < -0.3 is 0 Å². The molecule has 0 saturated carbocycles. The second-order valence-corrected chi connectivity index (χ2v) is 4.17. The van der Waals surface area contributed by atoms with Crippen molar-refractivity contribution in [2.75, 3.05) is 0 Å². The molecule has 82 valence electrons. The SMILES string of the molecule is CC(C)n1c(=O)nc2n(c1=O)CCCC2. The molecule has 1 aromatic heterocycles. The Kier molecular flexibility index (Phi) is 2.46. The molecule has 0 atom stereocenters.